The van der Waals surface area contributed by atoms with Crippen LogP contribution in [0.2, 0.25) is 0 Å². The number of hydrogen-bond donors (Lipinski definition) is 0. The van der Waals surface area contributed by atoms with Gasteiger partial charge in [-0.1, -0.05) is 42.5 Å². The van der Waals surface area contributed by atoms with Crippen LogP contribution < -0.4 is 4.74 Å². The van der Waals surface area contributed by atoms with E-state index in [1.54, 1.807) is 0 Å². The molecule has 0 saturated heterocycles. The highest BCUT2D eigenvalue weighted by molar-refractivity contribution is 6.16. The molecule has 3 rings (SSSR count). The number of benzene rings is 2. The lowest BCUT2D eigenvalue weighted by Crippen LogP contribution is -1.91. The lowest BCUT2D eigenvalue weighted by atomic mass is 10.1. The van der Waals surface area contributed by atoms with Crippen LogP contribution in [0, 0.1) is 0 Å². The summed E-state index contributed by atoms with van der Waals surface area (Å²) in [5.41, 5.74) is 0.805. The first-order chi connectivity index (χ1) is 9.36. The van der Waals surface area contributed by atoms with E-state index in [-0.39, 0.29) is 0 Å². The van der Waals surface area contributed by atoms with Gasteiger partial charge in [0.15, 0.2) is 0 Å². The second-order valence-corrected chi connectivity index (χ2v) is 4.45. The topological polar surface area (TPSA) is 22.1 Å². The first-order valence-electron chi connectivity index (χ1n) is 6.04. The van der Waals surface area contributed by atoms with Gasteiger partial charge in [0.25, 0.3) is 0 Å². The largest absolute Gasteiger partial charge is 0.438 e. The molecule has 0 radical (unpaired) electrons. The fourth-order valence-corrected chi connectivity index (χ4v) is 2.14. The Bertz CT molecular complexity index is 706. The molecule has 0 bridgehead atoms. The van der Waals surface area contributed by atoms with E-state index in [1.165, 1.54) is 0 Å². The maximum atomic E-state index is 5.86. The summed E-state index contributed by atoms with van der Waals surface area (Å²) in [6.07, 6.45) is 0. The molecule has 0 aliphatic carbocycles. The van der Waals surface area contributed by atoms with E-state index < -0.39 is 0 Å². The Morgan fingerprint density at radius 1 is 0.895 bits per heavy atom. The van der Waals surface area contributed by atoms with E-state index in [2.05, 4.69) is 17.1 Å². The van der Waals surface area contributed by atoms with Gasteiger partial charge < -0.3 is 4.74 Å². The Morgan fingerprint density at radius 2 is 1.68 bits per heavy atom. The molecule has 94 valence electrons. The van der Waals surface area contributed by atoms with Crippen LogP contribution in [-0.4, -0.2) is 4.98 Å². The zero-order valence-corrected chi connectivity index (χ0v) is 11.0. The fourth-order valence-electron chi connectivity index (χ4n) is 1.99. The third kappa shape index (κ3) is 2.54. The molecule has 0 saturated carbocycles. The Labute approximate surface area is 116 Å². The summed E-state index contributed by atoms with van der Waals surface area (Å²) in [6, 6.07) is 19.7. The Kier molecular flexibility index (Phi) is 3.34. The molecule has 0 amide bonds. The number of halogens is 1. The summed E-state index contributed by atoms with van der Waals surface area (Å²) < 4.78 is 5.86. The van der Waals surface area contributed by atoms with Crippen LogP contribution in [0.4, 0.5) is 0 Å². The van der Waals surface area contributed by atoms with Crippen LogP contribution in [0.5, 0.6) is 11.6 Å². The molecular weight excluding hydrogens is 258 g/mol. The molecule has 3 heteroatoms. The van der Waals surface area contributed by atoms with Gasteiger partial charge in [-0.15, -0.1) is 11.6 Å². The molecular formula is C16H12ClNO. The van der Waals surface area contributed by atoms with Crippen LogP contribution in [0.1, 0.15) is 5.69 Å². The molecule has 3 aromatic rings. The standard InChI is InChI=1S/C16H12ClNO/c17-11-13-7-4-10-16(18-13)19-15-9-3-6-12-5-1-2-8-14(12)15/h1-10H,11H2. The molecule has 0 spiro atoms. The van der Waals surface area contributed by atoms with Crippen molar-refractivity contribution in [3.05, 3.63) is 66.4 Å². The van der Waals surface area contributed by atoms with E-state index in [9.17, 15) is 0 Å². The molecule has 2 aromatic carbocycles. The van der Waals surface area contributed by atoms with Crippen LogP contribution in [0.3, 0.4) is 0 Å². The average Bonchev–Trinajstić information content (AvgIpc) is 2.48. The van der Waals surface area contributed by atoms with Crippen molar-refractivity contribution < 1.29 is 4.74 Å². The van der Waals surface area contributed by atoms with Crippen molar-refractivity contribution in [3.63, 3.8) is 0 Å². The van der Waals surface area contributed by atoms with Crippen LogP contribution >= 0.6 is 11.6 Å². The molecule has 0 unspecified atom stereocenters. The number of hydrogen-bond acceptors (Lipinski definition) is 2. The summed E-state index contributed by atoms with van der Waals surface area (Å²) in [7, 11) is 0. The van der Waals surface area contributed by atoms with E-state index in [0.29, 0.717) is 11.8 Å². The first-order valence-corrected chi connectivity index (χ1v) is 6.58. The van der Waals surface area contributed by atoms with Crippen LogP contribution in [0.15, 0.2) is 60.7 Å². The van der Waals surface area contributed by atoms with Crippen molar-refractivity contribution >= 4 is 22.4 Å². The van der Waals surface area contributed by atoms with Crippen molar-refractivity contribution in [1.82, 2.24) is 4.98 Å². The predicted octanol–water partition coefficient (Wildman–Crippen LogP) is 4.77. The van der Waals surface area contributed by atoms with Gasteiger partial charge in [0.05, 0.1) is 11.6 Å². The van der Waals surface area contributed by atoms with Crippen LogP contribution in [0.25, 0.3) is 10.8 Å². The van der Waals surface area contributed by atoms with Crippen LogP contribution in [-0.2, 0) is 5.88 Å². The quantitative estimate of drug-likeness (QED) is 0.639. The molecule has 19 heavy (non-hydrogen) atoms. The molecule has 1 heterocycles. The maximum absolute atomic E-state index is 5.86. The normalized spacial score (nSPS) is 10.6. The predicted molar refractivity (Wildman–Crippen MR) is 77.8 cm³/mol. The van der Waals surface area contributed by atoms with Gasteiger partial charge in [-0.25, -0.2) is 4.98 Å². The first kappa shape index (κ1) is 12.0. The minimum atomic E-state index is 0.382. The van der Waals surface area contributed by atoms with Gasteiger partial charge in [0.1, 0.15) is 5.75 Å². The highest BCUT2D eigenvalue weighted by Crippen LogP contribution is 2.28. The second kappa shape index (κ2) is 5.29. The van der Waals surface area contributed by atoms with E-state index in [0.717, 1.165) is 22.2 Å². The molecule has 0 fully saturated rings. The molecule has 0 atom stereocenters. The summed E-state index contributed by atoms with van der Waals surface area (Å²) in [4.78, 5) is 4.34. The van der Waals surface area contributed by atoms with Crippen molar-refractivity contribution in [2.45, 2.75) is 5.88 Å². The monoisotopic (exact) mass is 269 g/mol. The fraction of sp³-hybridized carbons (Fsp3) is 0.0625. The van der Waals surface area contributed by atoms with Crippen molar-refractivity contribution in [2.24, 2.45) is 0 Å². The second-order valence-electron chi connectivity index (χ2n) is 4.18. The summed E-state index contributed by atoms with van der Waals surface area (Å²) in [5, 5.41) is 2.22. The van der Waals surface area contributed by atoms with Crippen molar-refractivity contribution in [2.75, 3.05) is 0 Å². The van der Waals surface area contributed by atoms with Gasteiger partial charge in [0.2, 0.25) is 5.88 Å². The number of fused-ring (bicyclic) bond motifs is 1. The molecule has 1 aromatic heterocycles. The number of ether oxygens (including phenoxy) is 1. The molecule has 0 aliphatic heterocycles. The summed E-state index contributed by atoms with van der Waals surface area (Å²) in [5.74, 6) is 1.75. The van der Waals surface area contributed by atoms with Gasteiger partial charge in [-0.05, 0) is 17.5 Å². The van der Waals surface area contributed by atoms with Crippen molar-refractivity contribution in [1.29, 1.82) is 0 Å². The van der Waals surface area contributed by atoms with Gasteiger partial charge in [0, 0.05) is 11.5 Å². The van der Waals surface area contributed by atoms with E-state index >= 15 is 0 Å². The zero-order valence-electron chi connectivity index (χ0n) is 10.2. The summed E-state index contributed by atoms with van der Waals surface area (Å²) >= 11 is 5.78. The average molecular weight is 270 g/mol. The number of rotatable bonds is 3. The zero-order chi connectivity index (χ0) is 13.1. The smallest absolute Gasteiger partial charge is 0.219 e. The number of aromatic nitrogens is 1. The minimum Gasteiger partial charge on any atom is -0.438 e. The highest BCUT2D eigenvalue weighted by Gasteiger charge is 2.04. The van der Waals surface area contributed by atoms with Gasteiger partial charge in [-0.3, -0.25) is 0 Å². The van der Waals surface area contributed by atoms with E-state index in [1.807, 2.05) is 48.5 Å². The molecule has 0 aliphatic rings. The number of nitrogens with zero attached hydrogens (tertiary/aromatic N) is 1. The lowest BCUT2D eigenvalue weighted by Gasteiger charge is -2.08. The van der Waals surface area contributed by atoms with E-state index in [4.69, 9.17) is 16.3 Å². The third-order valence-corrected chi connectivity index (χ3v) is 3.16. The van der Waals surface area contributed by atoms with Crippen molar-refractivity contribution in [3.8, 4) is 11.6 Å². The Morgan fingerprint density at radius 3 is 2.58 bits per heavy atom. The lowest BCUT2D eigenvalue weighted by molar-refractivity contribution is 0.467. The van der Waals surface area contributed by atoms with Gasteiger partial charge in [-0.2, -0.15) is 0 Å². The number of pyridine rings is 1. The SMILES string of the molecule is ClCc1cccc(Oc2cccc3ccccc23)n1. The molecule has 0 N–H and O–H groups in total. The highest BCUT2D eigenvalue weighted by atomic mass is 35.5. The third-order valence-electron chi connectivity index (χ3n) is 2.88. The van der Waals surface area contributed by atoms with Gasteiger partial charge >= 0.3 is 0 Å². The Hall–Kier alpha value is -2.06. The minimum absolute atomic E-state index is 0.382. The maximum Gasteiger partial charge on any atom is 0.219 e. The Balaban J connectivity index is 2.01. The summed E-state index contributed by atoms with van der Waals surface area (Å²) in [6.45, 7) is 0. The number of alkyl halides is 1. The molecule has 2 nitrogen and oxygen atoms in total.